The Morgan fingerprint density at radius 2 is 1.87 bits per heavy atom. The van der Waals surface area contributed by atoms with Crippen LogP contribution in [0.2, 0.25) is 0 Å². The first-order valence-electron chi connectivity index (χ1n) is 10.3. The van der Waals surface area contributed by atoms with E-state index in [1.54, 1.807) is 12.5 Å². The third-order valence-corrected chi connectivity index (χ3v) is 5.85. The molecule has 1 fully saturated rings. The van der Waals surface area contributed by atoms with Gasteiger partial charge >= 0.3 is 0 Å². The van der Waals surface area contributed by atoms with Gasteiger partial charge in [0.2, 0.25) is 0 Å². The van der Waals surface area contributed by atoms with E-state index in [4.69, 9.17) is 0 Å². The molecule has 152 valence electrons. The van der Waals surface area contributed by atoms with Gasteiger partial charge < -0.3 is 19.6 Å². The highest BCUT2D eigenvalue weighted by Gasteiger charge is 2.26. The van der Waals surface area contributed by atoms with E-state index in [1.165, 1.54) is 0 Å². The van der Waals surface area contributed by atoms with Crippen LogP contribution in [0.3, 0.4) is 0 Å². The van der Waals surface area contributed by atoms with Gasteiger partial charge in [-0.3, -0.25) is 4.79 Å². The molecule has 6 heteroatoms. The molecule has 6 nitrogen and oxygen atoms in total. The molecule has 0 bridgehead atoms. The molecule has 3 heterocycles. The van der Waals surface area contributed by atoms with Gasteiger partial charge in [-0.2, -0.15) is 0 Å². The van der Waals surface area contributed by atoms with Crippen LogP contribution < -0.4 is 0 Å². The van der Waals surface area contributed by atoms with E-state index in [0.717, 1.165) is 27.6 Å². The Balaban J connectivity index is 1.59. The maximum Gasteiger partial charge on any atom is 0.256 e. The molecule has 0 saturated carbocycles. The number of aromatic nitrogens is 3. The zero-order chi connectivity index (χ0) is 20.5. The van der Waals surface area contributed by atoms with Crippen LogP contribution in [0.15, 0.2) is 67.4 Å². The quantitative estimate of drug-likeness (QED) is 0.549. The molecule has 0 aliphatic carbocycles. The van der Waals surface area contributed by atoms with Crippen LogP contribution in [0.5, 0.6) is 0 Å². The summed E-state index contributed by atoms with van der Waals surface area (Å²) in [5.74, 6) is 0.0215. The molecule has 1 saturated heterocycles. The molecule has 2 aromatic carbocycles. The Morgan fingerprint density at radius 1 is 1.07 bits per heavy atom. The molecule has 1 amide bonds. The van der Waals surface area contributed by atoms with Crippen LogP contribution in [0.4, 0.5) is 0 Å². The van der Waals surface area contributed by atoms with Crippen molar-refractivity contribution in [2.45, 2.75) is 25.5 Å². The van der Waals surface area contributed by atoms with Crippen LogP contribution in [-0.4, -0.2) is 49.6 Å². The topological polar surface area (TPSA) is 74.2 Å². The van der Waals surface area contributed by atoms with E-state index in [0.29, 0.717) is 38.0 Å². The maximum absolute atomic E-state index is 13.5. The number of nitrogens with zero attached hydrogens (tertiary/aromatic N) is 3. The van der Waals surface area contributed by atoms with Crippen molar-refractivity contribution in [3.63, 3.8) is 0 Å². The number of fused-ring (bicyclic) bond motifs is 1. The number of aromatic amines is 1. The van der Waals surface area contributed by atoms with Crippen molar-refractivity contribution in [1.82, 2.24) is 19.4 Å². The minimum absolute atomic E-state index is 0.0215. The summed E-state index contributed by atoms with van der Waals surface area (Å²) < 4.78 is 2.04. The molecule has 4 aromatic rings. The Hall–Kier alpha value is -3.38. The van der Waals surface area contributed by atoms with Crippen LogP contribution in [0.25, 0.3) is 21.9 Å². The second-order valence-electron chi connectivity index (χ2n) is 7.88. The number of nitrogens with one attached hydrogen (secondary N) is 1. The van der Waals surface area contributed by atoms with E-state index >= 15 is 0 Å². The Labute approximate surface area is 174 Å². The highest BCUT2D eigenvalue weighted by molar-refractivity contribution is 6.06. The van der Waals surface area contributed by atoms with Crippen LogP contribution in [0.1, 0.15) is 28.9 Å². The van der Waals surface area contributed by atoms with Gasteiger partial charge in [0.15, 0.2) is 0 Å². The summed E-state index contributed by atoms with van der Waals surface area (Å²) in [6, 6.07) is 14.5. The van der Waals surface area contributed by atoms with Crippen molar-refractivity contribution in [3.05, 3.63) is 78.6 Å². The molecule has 2 aromatic heterocycles. The monoisotopic (exact) mass is 400 g/mol. The predicted octanol–water partition coefficient (Wildman–Crippen LogP) is 3.68. The summed E-state index contributed by atoms with van der Waals surface area (Å²) in [6.07, 6.45) is 8.39. The number of amides is 1. The number of likely N-dealkylation sites (tertiary alicyclic amines) is 1. The zero-order valence-electron chi connectivity index (χ0n) is 16.7. The number of carbonyl (C=O) groups is 1. The second-order valence-corrected chi connectivity index (χ2v) is 7.88. The number of rotatable bonds is 4. The highest BCUT2D eigenvalue weighted by Crippen LogP contribution is 2.33. The number of aliphatic hydroxyl groups is 1. The van der Waals surface area contributed by atoms with E-state index in [1.807, 2.05) is 33.9 Å². The van der Waals surface area contributed by atoms with Crippen molar-refractivity contribution in [1.29, 1.82) is 0 Å². The van der Waals surface area contributed by atoms with E-state index < -0.39 is 0 Å². The van der Waals surface area contributed by atoms with Crippen LogP contribution in [-0.2, 0) is 6.54 Å². The normalized spacial score (nSPS) is 15.0. The van der Waals surface area contributed by atoms with Gasteiger partial charge in [-0.15, -0.1) is 0 Å². The number of hydrogen-bond donors (Lipinski definition) is 2. The third-order valence-electron chi connectivity index (χ3n) is 5.85. The zero-order valence-corrected chi connectivity index (χ0v) is 16.7. The van der Waals surface area contributed by atoms with Gasteiger partial charge in [0, 0.05) is 37.2 Å². The van der Waals surface area contributed by atoms with Gasteiger partial charge in [0.05, 0.1) is 30.2 Å². The summed E-state index contributed by atoms with van der Waals surface area (Å²) in [4.78, 5) is 22.5. The SMILES string of the molecule is O=C(c1cn(Cc2cnc[nH]2)cc1-c1cccc2ccccc12)N1CCC(O)CC1. The molecule has 0 atom stereocenters. The van der Waals surface area contributed by atoms with Crippen molar-refractivity contribution in [3.8, 4) is 11.1 Å². The van der Waals surface area contributed by atoms with Gasteiger partial charge in [0.1, 0.15) is 0 Å². The molecular weight excluding hydrogens is 376 g/mol. The fourth-order valence-corrected chi connectivity index (χ4v) is 4.25. The summed E-state index contributed by atoms with van der Waals surface area (Å²) >= 11 is 0. The Bertz CT molecular complexity index is 1170. The average Bonchev–Trinajstić information content (AvgIpc) is 3.44. The number of piperidine rings is 1. The number of H-pyrrole nitrogens is 1. The molecule has 30 heavy (non-hydrogen) atoms. The fourth-order valence-electron chi connectivity index (χ4n) is 4.25. The van der Waals surface area contributed by atoms with E-state index in [2.05, 4.69) is 40.4 Å². The molecule has 2 N–H and O–H groups in total. The lowest BCUT2D eigenvalue weighted by Crippen LogP contribution is -2.40. The molecule has 1 aliphatic heterocycles. The van der Waals surface area contributed by atoms with Gasteiger partial charge in [-0.05, 0) is 29.2 Å². The van der Waals surface area contributed by atoms with E-state index in [9.17, 15) is 9.90 Å². The number of hydrogen-bond acceptors (Lipinski definition) is 3. The molecule has 0 unspecified atom stereocenters. The van der Waals surface area contributed by atoms with Crippen LogP contribution in [0, 0.1) is 0 Å². The molecule has 0 spiro atoms. The first-order valence-corrected chi connectivity index (χ1v) is 10.3. The Morgan fingerprint density at radius 3 is 2.67 bits per heavy atom. The fraction of sp³-hybridized carbons (Fsp3) is 0.250. The number of imidazole rings is 1. The van der Waals surface area contributed by atoms with Crippen LogP contribution >= 0.6 is 0 Å². The van der Waals surface area contributed by atoms with E-state index in [-0.39, 0.29) is 12.0 Å². The minimum atomic E-state index is -0.309. The lowest BCUT2D eigenvalue weighted by molar-refractivity contribution is 0.0547. The van der Waals surface area contributed by atoms with Gasteiger partial charge in [0.25, 0.3) is 5.91 Å². The van der Waals surface area contributed by atoms with Crippen molar-refractivity contribution >= 4 is 16.7 Å². The van der Waals surface area contributed by atoms with Crippen molar-refractivity contribution in [2.75, 3.05) is 13.1 Å². The predicted molar refractivity (Wildman–Crippen MR) is 116 cm³/mol. The van der Waals surface area contributed by atoms with Gasteiger partial charge in [-0.1, -0.05) is 42.5 Å². The average molecular weight is 400 g/mol. The summed E-state index contributed by atoms with van der Waals surface area (Å²) in [7, 11) is 0. The lowest BCUT2D eigenvalue weighted by atomic mass is 9.97. The second kappa shape index (κ2) is 7.80. The largest absolute Gasteiger partial charge is 0.393 e. The lowest BCUT2D eigenvalue weighted by Gasteiger charge is -2.29. The van der Waals surface area contributed by atoms with Crippen molar-refractivity contribution < 1.29 is 9.90 Å². The first-order chi connectivity index (χ1) is 14.7. The first kappa shape index (κ1) is 18.6. The minimum Gasteiger partial charge on any atom is -0.393 e. The third kappa shape index (κ3) is 3.50. The Kier molecular flexibility index (Phi) is 4.85. The molecule has 0 radical (unpaired) electrons. The smallest absolute Gasteiger partial charge is 0.256 e. The summed E-state index contributed by atoms with van der Waals surface area (Å²) in [5.41, 5.74) is 3.66. The van der Waals surface area contributed by atoms with Crippen molar-refractivity contribution in [2.24, 2.45) is 0 Å². The summed E-state index contributed by atoms with van der Waals surface area (Å²) in [5, 5.41) is 12.1. The number of aliphatic hydroxyl groups excluding tert-OH is 1. The maximum atomic E-state index is 13.5. The molecular formula is C24H24N4O2. The summed E-state index contributed by atoms with van der Waals surface area (Å²) in [6.45, 7) is 1.78. The number of benzene rings is 2. The molecule has 1 aliphatic rings. The number of carbonyl (C=O) groups excluding carboxylic acids is 1. The molecule has 5 rings (SSSR count). The van der Waals surface area contributed by atoms with Gasteiger partial charge in [-0.25, -0.2) is 4.98 Å². The highest BCUT2D eigenvalue weighted by atomic mass is 16.3. The standard InChI is InChI=1S/C24H24N4O2/c29-19-8-10-28(11-9-19)24(30)23-15-27(13-18-12-25-16-26-18)14-22(23)21-7-3-5-17-4-1-2-6-20(17)21/h1-7,12,14-16,19,29H,8-11,13H2,(H,25,26).